The highest BCUT2D eigenvalue weighted by Crippen LogP contribution is 2.28. The topological polar surface area (TPSA) is 99.2 Å². The molecule has 0 heterocycles. The van der Waals surface area contributed by atoms with E-state index in [0.717, 1.165) is 0 Å². The van der Waals surface area contributed by atoms with Gasteiger partial charge in [0.2, 0.25) is 10.0 Å². The molecule has 2 aromatic rings. The highest BCUT2D eigenvalue weighted by Gasteiger charge is 2.27. The molecule has 0 aromatic heterocycles. The van der Waals surface area contributed by atoms with Crippen molar-refractivity contribution in [3.8, 4) is 11.5 Å². The molecule has 0 aliphatic carbocycles. The average Bonchev–Trinajstić information content (AvgIpc) is 2.77. The van der Waals surface area contributed by atoms with Crippen molar-refractivity contribution < 1.29 is 32.2 Å². The molecular formula is C22H27NO7S. The summed E-state index contributed by atoms with van der Waals surface area (Å²) in [6, 6.07) is 8.95. The number of ether oxygens (including phenoxy) is 3. The molecule has 0 atom stereocenters. The Kier molecular flexibility index (Phi) is 8.18. The Morgan fingerprint density at radius 2 is 1.48 bits per heavy atom. The van der Waals surface area contributed by atoms with E-state index in [9.17, 15) is 18.0 Å². The van der Waals surface area contributed by atoms with Gasteiger partial charge in [-0.25, -0.2) is 13.2 Å². The van der Waals surface area contributed by atoms with Gasteiger partial charge < -0.3 is 14.2 Å². The van der Waals surface area contributed by atoms with Gasteiger partial charge >= 0.3 is 5.97 Å². The van der Waals surface area contributed by atoms with E-state index in [0.29, 0.717) is 16.9 Å². The lowest BCUT2D eigenvalue weighted by Gasteiger charge is -2.20. The van der Waals surface area contributed by atoms with Crippen LogP contribution in [0.5, 0.6) is 11.5 Å². The van der Waals surface area contributed by atoms with Gasteiger partial charge in [0.15, 0.2) is 5.78 Å². The van der Waals surface area contributed by atoms with E-state index in [1.807, 2.05) is 0 Å². The number of hydrogen-bond acceptors (Lipinski definition) is 7. The van der Waals surface area contributed by atoms with Gasteiger partial charge in [-0.1, -0.05) is 13.8 Å². The fourth-order valence-corrected chi connectivity index (χ4v) is 4.68. The van der Waals surface area contributed by atoms with Crippen molar-refractivity contribution in [1.82, 2.24) is 4.31 Å². The van der Waals surface area contributed by atoms with Crippen LogP contribution < -0.4 is 9.47 Å². The third kappa shape index (κ3) is 5.42. The van der Waals surface area contributed by atoms with Crippen LogP contribution in [0.3, 0.4) is 0 Å². The quantitative estimate of drug-likeness (QED) is 0.405. The molecule has 0 amide bonds. The third-order valence-corrected chi connectivity index (χ3v) is 6.84. The second-order valence-electron chi connectivity index (χ2n) is 6.61. The summed E-state index contributed by atoms with van der Waals surface area (Å²) in [6.07, 6.45) is 0. The second kappa shape index (κ2) is 10.4. The first-order chi connectivity index (χ1) is 14.7. The van der Waals surface area contributed by atoms with E-state index in [2.05, 4.69) is 0 Å². The maximum atomic E-state index is 13.0. The number of benzene rings is 2. The number of esters is 1. The minimum absolute atomic E-state index is 0.0632. The molecule has 8 nitrogen and oxygen atoms in total. The molecule has 0 bridgehead atoms. The Bertz CT molecular complexity index is 1060. The molecule has 9 heteroatoms. The van der Waals surface area contributed by atoms with Crippen LogP contribution in [0.1, 0.15) is 47.1 Å². The van der Waals surface area contributed by atoms with E-state index in [1.54, 1.807) is 32.0 Å². The van der Waals surface area contributed by atoms with E-state index in [4.69, 9.17) is 14.2 Å². The fourth-order valence-electron chi connectivity index (χ4n) is 3.04. The zero-order chi connectivity index (χ0) is 23.2. The maximum Gasteiger partial charge on any atom is 0.338 e. The third-order valence-electron chi connectivity index (χ3n) is 4.77. The molecule has 2 rings (SSSR count). The summed E-state index contributed by atoms with van der Waals surface area (Å²) in [5.41, 5.74) is 1.05. The summed E-state index contributed by atoms with van der Waals surface area (Å²) in [5.74, 6) is -0.234. The van der Waals surface area contributed by atoms with Gasteiger partial charge in [-0.3, -0.25) is 4.79 Å². The van der Waals surface area contributed by atoms with Gasteiger partial charge in [0.25, 0.3) is 0 Å². The van der Waals surface area contributed by atoms with E-state index in [1.165, 1.54) is 43.6 Å². The molecule has 168 valence electrons. The number of sulfonamides is 1. The van der Waals surface area contributed by atoms with Crippen molar-refractivity contribution >= 4 is 21.8 Å². The molecule has 0 N–H and O–H groups in total. The minimum Gasteiger partial charge on any atom is -0.496 e. The van der Waals surface area contributed by atoms with Crippen LogP contribution in [0.25, 0.3) is 0 Å². The zero-order valence-corrected chi connectivity index (χ0v) is 19.1. The van der Waals surface area contributed by atoms with E-state index < -0.39 is 16.0 Å². The Morgan fingerprint density at radius 1 is 0.903 bits per heavy atom. The van der Waals surface area contributed by atoms with Gasteiger partial charge in [-0.15, -0.1) is 0 Å². The number of ketones is 1. The van der Waals surface area contributed by atoms with Gasteiger partial charge in [0, 0.05) is 24.2 Å². The highest BCUT2D eigenvalue weighted by atomic mass is 32.2. The number of Topliss-reactive ketones (excluding diaryl/α,β-unsaturated/α-hetero) is 1. The van der Waals surface area contributed by atoms with Crippen molar-refractivity contribution in [1.29, 1.82) is 0 Å². The number of carbonyl (C=O) groups excluding carboxylic acids is 2. The number of nitrogens with zero attached hydrogens (tertiary/aromatic N) is 1. The molecule has 0 fully saturated rings. The smallest absolute Gasteiger partial charge is 0.338 e. The highest BCUT2D eigenvalue weighted by molar-refractivity contribution is 7.89. The first-order valence-electron chi connectivity index (χ1n) is 9.72. The summed E-state index contributed by atoms with van der Waals surface area (Å²) < 4.78 is 43.0. The number of carbonyl (C=O) groups is 2. The number of hydrogen-bond donors (Lipinski definition) is 0. The average molecular weight is 450 g/mol. The first kappa shape index (κ1) is 24.4. The molecule has 31 heavy (non-hydrogen) atoms. The largest absolute Gasteiger partial charge is 0.496 e. The number of rotatable bonds is 10. The molecule has 0 unspecified atom stereocenters. The lowest BCUT2D eigenvalue weighted by molar-refractivity contribution is 0.0470. The molecular weight excluding hydrogens is 422 g/mol. The van der Waals surface area contributed by atoms with Crippen molar-refractivity contribution in [2.24, 2.45) is 0 Å². The van der Waals surface area contributed by atoms with Crippen molar-refractivity contribution in [2.45, 2.75) is 32.3 Å². The monoisotopic (exact) mass is 449 g/mol. The van der Waals surface area contributed by atoms with Crippen LogP contribution in [0.15, 0.2) is 41.3 Å². The molecule has 0 aliphatic rings. The van der Waals surface area contributed by atoms with Crippen LogP contribution in [0, 0.1) is 0 Å². The predicted molar refractivity (Wildman–Crippen MR) is 115 cm³/mol. The Balaban J connectivity index is 2.33. The van der Waals surface area contributed by atoms with Gasteiger partial charge in [0.05, 0.1) is 19.8 Å². The first-order valence-corrected chi connectivity index (χ1v) is 11.2. The van der Waals surface area contributed by atoms with Crippen molar-refractivity contribution in [3.05, 3.63) is 53.1 Å². The lowest BCUT2D eigenvalue weighted by Crippen LogP contribution is -2.31. The zero-order valence-electron chi connectivity index (χ0n) is 18.3. The van der Waals surface area contributed by atoms with Gasteiger partial charge in [-0.2, -0.15) is 4.31 Å². The fraction of sp³-hybridized carbons (Fsp3) is 0.364. The summed E-state index contributed by atoms with van der Waals surface area (Å²) in [6.45, 7) is 5.31. The van der Waals surface area contributed by atoms with Crippen molar-refractivity contribution in [3.63, 3.8) is 0 Å². The van der Waals surface area contributed by atoms with Crippen molar-refractivity contribution in [2.75, 3.05) is 27.3 Å². The maximum absolute atomic E-state index is 13.0. The Hall–Kier alpha value is -2.91. The number of methoxy groups -OCH3 is 2. The van der Waals surface area contributed by atoms with E-state index in [-0.39, 0.29) is 41.7 Å². The Morgan fingerprint density at radius 3 is 2.03 bits per heavy atom. The summed E-state index contributed by atoms with van der Waals surface area (Å²) in [7, 11) is -1.01. The SMILES string of the molecule is CCN(CC)S(=O)(=O)c1cc(C(=O)OCc2cc(C(C)=O)ccc2OC)ccc1OC. The van der Waals surface area contributed by atoms with Gasteiger partial charge in [-0.05, 0) is 43.3 Å². The van der Waals surface area contributed by atoms with Crippen LogP contribution in [0.2, 0.25) is 0 Å². The Labute approximate surface area is 182 Å². The van der Waals surface area contributed by atoms with Crippen LogP contribution >= 0.6 is 0 Å². The summed E-state index contributed by atoms with van der Waals surface area (Å²) >= 11 is 0. The second-order valence-corrected chi connectivity index (χ2v) is 8.52. The summed E-state index contributed by atoms with van der Waals surface area (Å²) in [5, 5.41) is 0. The van der Waals surface area contributed by atoms with Crippen LogP contribution in [-0.2, 0) is 21.4 Å². The summed E-state index contributed by atoms with van der Waals surface area (Å²) in [4.78, 5) is 24.2. The molecule has 0 spiro atoms. The van der Waals surface area contributed by atoms with E-state index >= 15 is 0 Å². The standard InChI is InChI=1S/C22H27NO7S/c1-6-23(7-2)31(26,27)21-13-17(9-11-20(21)29-5)22(25)30-14-18-12-16(15(3)24)8-10-19(18)28-4/h8-13H,6-7,14H2,1-5H3. The molecule has 0 aliphatic heterocycles. The van der Waals surface area contributed by atoms with Gasteiger partial charge in [0.1, 0.15) is 23.0 Å². The van der Waals surface area contributed by atoms with Crippen LogP contribution in [0.4, 0.5) is 0 Å². The molecule has 0 saturated heterocycles. The van der Waals surface area contributed by atoms with Crippen LogP contribution in [-0.4, -0.2) is 51.8 Å². The lowest BCUT2D eigenvalue weighted by atomic mass is 10.1. The normalized spacial score (nSPS) is 11.3. The molecule has 2 aromatic carbocycles. The minimum atomic E-state index is -3.85. The molecule has 0 saturated carbocycles. The predicted octanol–water partition coefficient (Wildman–Crippen LogP) is 3.29. The molecule has 0 radical (unpaired) electrons.